The molecule has 1 amide bonds. The van der Waals surface area contributed by atoms with Crippen molar-refractivity contribution in [2.75, 3.05) is 26.2 Å². The van der Waals surface area contributed by atoms with Gasteiger partial charge < -0.3 is 4.90 Å². The third-order valence-corrected chi connectivity index (χ3v) is 4.86. The summed E-state index contributed by atoms with van der Waals surface area (Å²) in [5.41, 5.74) is 2.91. The monoisotopic (exact) mass is 286 g/mol. The van der Waals surface area contributed by atoms with Crippen molar-refractivity contribution in [3.63, 3.8) is 0 Å². The first kappa shape index (κ1) is 14.6. The van der Waals surface area contributed by atoms with Gasteiger partial charge in [0, 0.05) is 39.1 Å². The van der Waals surface area contributed by atoms with E-state index in [1.807, 2.05) is 0 Å². The van der Waals surface area contributed by atoms with Crippen LogP contribution in [0, 0.1) is 5.92 Å². The Hall–Kier alpha value is -1.35. The van der Waals surface area contributed by atoms with Crippen LogP contribution >= 0.6 is 0 Å². The van der Waals surface area contributed by atoms with Crippen molar-refractivity contribution in [3.05, 3.63) is 35.4 Å². The first-order valence-electron chi connectivity index (χ1n) is 8.29. The highest BCUT2D eigenvalue weighted by molar-refractivity contribution is 5.76. The van der Waals surface area contributed by atoms with E-state index in [9.17, 15) is 4.79 Å². The van der Waals surface area contributed by atoms with E-state index >= 15 is 0 Å². The van der Waals surface area contributed by atoms with Crippen molar-refractivity contribution in [3.8, 4) is 0 Å². The van der Waals surface area contributed by atoms with Crippen LogP contribution in [0.1, 0.15) is 37.3 Å². The van der Waals surface area contributed by atoms with Gasteiger partial charge in [-0.1, -0.05) is 31.2 Å². The van der Waals surface area contributed by atoms with Crippen molar-refractivity contribution < 1.29 is 4.79 Å². The first-order valence-corrected chi connectivity index (χ1v) is 8.29. The second kappa shape index (κ2) is 6.61. The van der Waals surface area contributed by atoms with Crippen LogP contribution in [0.4, 0.5) is 0 Å². The molecule has 3 rings (SSSR count). The second-order valence-electron chi connectivity index (χ2n) is 6.63. The van der Waals surface area contributed by atoms with Crippen molar-refractivity contribution >= 4 is 5.91 Å². The van der Waals surface area contributed by atoms with Crippen LogP contribution in [0.2, 0.25) is 0 Å². The Balaban J connectivity index is 1.49. The molecule has 1 unspecified atom stereocenters. The van der Waals surface area contributed by atoms with Crippen LogP contribution in [0.15, 0.2) is 24.3 Å². The molecule has 2 aliphatic heterocycles. The topological polar surface area (TPSA) is 23.6 Å². The minimum absolute atomic E-state index is 0.348. The van der Waals surface area contributed by atoms with Crippen LogP contribution in [-0.4, -0.2) is 41.9 Å². The zero-order valence-electron chi connectivity index (χ0n) is 13.1. The van der Waals surface area contributed by atoms with Crippen LogP contribution in [0.5, 0.6) is 0 Å². The average Bonchev–Trinajstić information content (AvgIpc) is 2.52. The Labute approximate surface area is 127 Å². The van der Waals surface area contributed by atoms with Gasteiger partial charge in [0.25, 0.3) is 0 Å². The lowest BCUT2D eigenvalue weighted by Gasteiger charge is -2.33. The number of nitrogens with zero attached hydrogens (tertiary/aromatic N) is 2. The Morgan fingerprint density at radius 1 is 1.24 bits per heavy atom. The molecule has 114 valence electrons. The largest absolute Gasteiger partial charge is 0.342 e. The molecule has 2 heterocycles. The predicted octanol–water partition coefficient (Wildman–Crippen LogP) is 2.69. The number of benzene rings is 1. The molecule has 0 spiro atoms. The molecule has 3 heteroatoms. The summed E-state index contributed by atoms with van der Waals surface area (Å²) in [4.78, 5) is 16.8. The lowest BCUT2D eigenvalue weighted by molar-refractivity contribution is -0.133. The number of carbonyl (C=O) groups is 1. The third kappa shape index (κ3) is 3.65. The lowest BCUT2D eigenvalue weighted by atomic mass is 9.99. The van der Waals surface area contributed by atoms with Gasteiger partial charge in [-0.3, -0.25) is 9.69 Å². The van der Waals surface area contributed by atoms with Crippen molar-refractivity contribution in [1.82, 2.24) is 9.80 Å². The second-order valence-corrected chi connectivity index (χ2v) is 6.63. The number of rotatable bonds is 3. The Kier molecular flexibility index (Phi) is 4.59. The van der Waals surface area contributed by atoms with Crippen LogP contribution < -0.4 is 0 Å². The molecule has 1 aromatic rings. The predicted molar refractivity (Wildman–Crippen MR) is 85.0 cm³/mol. The van der Waals surface area contributed by atoms with Gasteiger partial charge in [0.15, 0.2) is 0 Å². The van der Waals surface area contributed by atoms with Crippen LogP contribution in [-0.2, 0) is 17.8 Å². The van der Waals surface area contributed by atoms with Crippen LogP contribution in [0.3, 0.4) is 0 Å². The van der Waals surface area contributed by atoms with Gasteiger partial charge in [-0.2, -0.15) is 0 Å². The van der Waals surface area contributed by atoms with E-state index in [1.165, 1.54) is 24.0 Å². The number of fused-ring (bicyclic) bond motifs is 1. The van der Waals surface area contributed by atoms with Crippen molar-refractivity contribution in [2.24, 2.45) is 5.92 Å². The zero-order valence-corrected chi connectivity index (χ0v) is 13.1. The number of hydrogen-bond acceptors (Lipinski definition) is 2. The standard InChI is InChI=1S/C18H26N2O/c1-15-5-4-10-20(13-15)18(21)9-12-19-11-8-16-6-2-3-7-17(16)14-19/h2-3,6-7,15H,4-5,8-14H2,1H3. The van der Waals surface area contributed by atoms with E-state index in [4.69, 9.17) is 0 Å². The molecule has 1 aromatic carbocycles. The summed E-state index contributed by atoms with van der Waals surface area (Å²) in [5.74, 6) is 1.02. The quantitative estimate of drug-likeness (QED) is 0.853. The van der Waals surface area contributed by atoms with E-state index in [1.54, 1.807) is 0 Å². The number of amides is 1. The fourth-order valence-corrected chi connectivity index (χ4v) is 3.57. The highest BCUT2D eigenvalue weighted by atomic mass is 16.2. The van der Waals surface area contributed by atoms with E-state index in [2.05, 4.69) is 41.0 Å². The molecular formula is C18H26N2O. The Bertz CT molecular complexity index is 500. The molecule has 21 heavy (non-hydrogen) atoms. The molecule has 0 bridgehead atoms. The molecule has 2 aliphatic rings. The maximum Gasteiger partial charge on any atom is 0.223 e. The Morgan fingerprint density at radius 3 is 2.86 bits per heavy atom. The average molecular weight is 286 g/mol. The van der Waals surface area contributed by atoms with E-state index in [0.717, 1.165) is 39.1 Å². The maximum absolute atomic E-state index is 12.3. The van der Waals surface area contributed by atoms with Crippen molar-refractivity contribution in [2.45, 2.75) is 39.2 Å². The van der Waals surface area contributed by atoms with Gasteiger partial charge in [-0.15, -0.1) is 0 Å². The number of hydrogen-bond donors (Lipinski definition) is 0. The minimum atomic E-state index is 0.348. The smallest absolute Gasteiger partial charge is 0.223 e. The fourth-order valence-electron chi connectivity index (χ4n) is 3.57. The summed E-state index contributed by atoms with van der Waals surface area (Å²) >= 11 is 0. The molecule has 1 fully saturated rings. The summed E-state index contributed by atoms with van der Waals surface area (Å²) in [6, 6.07) is 8.68. The van der Waals surface area contributed by atoms with E-state index in [0.29, 0.717) is 18.2 Å². The summed E-state index contributed by atoms with van der Waals surface area (Å²) in [7, 11) is 0. The van der Waals surface area contributed by atoms with E-state index < -0.39 is 0 Å². The van der Waals surface area contributed by atoms with Crippen molar-refractivity contribution in [1.29, 1.82) is 0 Å². The number of carbonyl (C=O) groups excluding carboxylic acids is 1. The highest BCUT2D eigenvalue weighted by Gasteiger charge is 2.22. The normalized spacial score (nSPS) is 22.9. The summed E-state index contributed by atoms with van der Waals surface area (Å²) in [6.07, 6.45) is 4.23. The third-order valence-electron chi connectivity index (χ3n) is 4.86. The van der Waals surface area contributed by atoms with Gasteiger partial charge in [-0.05, 0) is 36.3 Å². The molecule has 0 radical (unpaired) electrons. The fraction of sp³-hybridized carbons (Fsp3) is 0.611. The molecule has 0 aromatic heterocycles. The maximum atomic E-state index is 12.3. The van der Waals surface area contributed by atoms with Gasteiger partial charge in [0.05, 0.1) is 0 Å². The molecule has 3 nitrogen and oxygen atoms in total. The molecule has 0 N–H and O–H groups in total. The summed E-state index contributed by atoms with van der Waals surface area (Å²) < 4.78 is 0. The molecule has 1 atom stereocenters. The van der Waals surface area contributed by atoms with Gasteiger partial charge in [-0.25, -0.2) is 0 Å². The van der Waals surface area contributed by atoms with E-state index in [-0.39, 0.29) is 0 Å². The minimum Gasteiger partial charge on any atom is -0.342 e. The van der Waals surface area contributed by atoms with Gasteiger partial charge >= 0.3 is 0 Å². The van der Waals surface area contributed by atoms with Gasteiger partial charge in [0.2, 0.25) is 5.91 Å². The highest BCUT2D eigenvalue weighted by Crippen LogP contribution is 2.19. The molecule has 0 aliphatic carbocycles. The zero-order chi connectivity index (χ0) is 14.7. The number of piperidine rings is 1. The van der Waals surface area contributed by atoms with Crippen LogP contribution in [0.25, 0.3) is 0 Å². The molecule has 1 saturated heterocycles. The summed E-state index contributed by atoms with van der Waals surface area (Å²) in [6.45, 7) is 7.16. The van der Waals surface area contributed by atoms with Gasteiger partial charge in [0.1, 0.15) is 0 Å². The Morgan fingerprint density at radius 2 is 2.05 bits per heavy atom. The SMILES string of the molecule is CC1CCCN(C(=O)CCN2CCc3ccccc3C2)C1. The molecule has 0 saturated carbocycles. The first-order chi connectivity index (χ1) is 10.2. The summed E-state index contributed by atoms with van der Waals surface area (Å²) in [5, 5.41) is 0. The molecular weight excluding hydrogens is 260 g/mol. The number of likely N-dealkylation sites (tertiary alicyclic amines) is 1. The lowest BCUT2D eigenvalue weighted by Crippen LogP contribution is -2.41.